The third-order valence-corrected chi connectivity index (χ3v) is 8.23. The Morgan fingerprint density at radius 3 is 2.42 bits per heavy atom. The third kappa shape index (κ3) is 2.13. The zero-order chi connectivity index (χ0) is 18.7. The average Bonchev–Trinajstić information content (AvgIpc) is 2.92. The first kappa shape index (κ1) is 17.8. The van der Waals surface area contributed by atoms with Gasteiger partial charge in [0.1, 0.15) is 5.82 Å². The number of hydrogen-bond acceptors (Lipinski definition) is 4. The van der Waals surface area contributed by atoms with Crippen molar-refractivity contribution in [3.63, 3.8) is 0 Å². The van der Waals surface area contributed by atoms with Crippen LogP contribution in [0.15, 0.2) is 18.3 Å². The molecule has 5 heteroatoms. The number of fused-ring (bicyclic) bond motifs is 2. The van der Waals surface area contributed by atoms with Crippen LogP contribution in [0.2, 0.25) is 0 Å². The lowest BCUT2D eigenvalue weighted by Gasteiger charge is -2.44. The van der Waals surface area contributed by atoms with Crippen LogP contribution < -0.4 is 4.90 Å². The summed E-state index contributed by atoms with van der Waals surface area (Å²) in [5.41, 5.74) is 0.475. The Morgan fingerprint density at radius 1 is 1.19 bits per heavy atom. The van der Waals surface area contributed by atoms with Crippen molar-refractivity contribution in [2.24, 2.45) is 16.2 Å². The van der Waals surface area contributed by atoms with Crippen molar-refractivity contribution < 1.29 is 9.90 Å². The van der Waals surface area contributed by atoms with Crippen LogP contribution in [0.1, 0.15) is 45.6 Å². The summed E-state index contributed by atoms with van der Waals surface area (Å²) in [4.78, 5) is 22.4. The molecule has 1 saturated heterocycles. The standard InChI is InChI=1S/C21H31N3O2/c1-15-6-5-9-22-17(15)23-10-12-24(13-11-23)18(26)21-8-7-20(4,16(25)14-21)19(21,2)3/h5-6,9,16,25H,7-8,10-14H2,1-4H3. The lowest BCUT2D eigenvalue weighted by atomic mass is 9.64. The highest BCUT2D eigenvalue weighted by Gasteiger charge is 2.72. The summed E-state index contributed by atoms with van der Waals surface area (Å²) >= 11 is 0. The van der Waals surface area contributed by atoms with Crippen LogP contribution in [0.5, 0.6) is 0 Å². The molecule has 3 unspecified atom stereocenters. The summed E-state index contributed by atoms with van der Waals surface area (Å²) in [5, 5.41) is 10.7. The number of carbonyl (C=O) groups is 1. The minimum atomic E-state index is -0.399. The number of anilines is 1. The van der Waals surface area contributed by atoms with Gasteiger partial charge in [-0.25, -0.2) is 4.98 Å². The first-order valence-corrected chi connectivity index (χ1v) is 9.87. The quantitative estimate of drug-likeness (QED) is 0.884. The molecule has 3 atom stereocenters. The fourth-order valence-corrected chi connectivity index (χ4v) is 5.83. The molecule has 2 saturated carbocycles. The van der Waals surface area contributed by atoms with Crippen LogP contribution in [0.4, 0.5) is 5.82 Å². The van der Waals surface area contributed by atoms with Gasteiger partial charge >= 0.3 is 0 Å². The highest BCUT2D eigenvalue weighted by molar-refractivity contribution is 5.85. The van der Waals surface area contributed by atoms with E-state index in [0.717, 1.165) is 44.8 Å². The van der Waals surface area contributed by atoms with Crippen LogP contribution in [0, 0.1) is 23.2 Å². The van der Waals surface area contributed by atoms with Gasteiger partial charge in [0.25, 0.3) is 0 Å². The zero-order valence-corrected chi connectivity index (χ0v) is 16.5. The van der Waals surface area contributed by atoms with E-state index in [9.17, 15) is 9.90 Å². The van der Waals surface area contributed by atoms with Crippen molar-refractivity contribution in [3.8, 4) is 0 Å². The lowest BCUT2D eigenvalue weighted by molar-refractivity contribution is -0.148. The number of hydrogen-bond donors (Lipinski definition) is 1. The largest absolute Gasteiger partial charge is 0.393 e. The lowest BCUT2D eigenvalue weighted by Crippen LogP contribution is -2.55. The molecule has 5 nitrogen and oxygen atoms in total. The summed E-state index contributed by atoms with van der Waals surface area (Å²) in [6.45, 7) is 11.8. The van der Waals surface area contributed by atoms with Gasteiger partial charge in [-0.3, -0.25) is 4.79 Å². The normalized spacial score (nSPS) is 35.8. The van der Waals surface area contributed by atoms with Crippen LogP contribution >= 0.6 is 0 Å². The van der Waals surface area contributed by atoms with Gasteiger partial charge < -0.3 is 14.9 Å². The molecular weight excluding hydrogens is 326 g/mol. The van der Waals surface area contributed by atoms with Crippen molar-refractivity contribution in [3.05, 3.63) is 23.9 Å². The first-order chi connectivity index (χ1) is 12.2. The molecule has 26 heavy (non-hydrogen) atoms. The number of aliphatic hydroxyl groups excluding tert-OH is 1. The predicted octanol–water partition coefficient (Wildman–Crippen LogP) is 2.62. The number of nitrogens with zero attached hydrogens (tertiary/aromatic N) is 3. The number of carbonyl (C=O) groups excluding carboxylic acids is 1. The van der Waals surface area contributed by atoms with Crippen molar-refractivity contribution >= 4 is 11.7 Å². The molecule has 1 amide bonds. The van der Waals surface area contributed by atoms with E-state index in [4.69, 9.17) is 0 Å². The smallest absolute Gasteiger partial charge is 0.229 e. The number of aliphatic hydroxyl groups is 1. The van der Waals surface area contributed by atoms with E-state index >= 15 is 0 Å². The predicted molar refractivity (Wildman–Crippen MR) is 102 cm³/mol. The van der Waals surface area contributed by atoms with Gasteiger partial charge in [-0.05, 0) is 48.6 Å². The van der Waals surface area contributed by atoms with Crippen LogP contribution in [0.25, 0.3) is 0 Å². The molecule has 0 radical (unpaired) electrons. The summed E-state index contributed by atoms with van der Waals surface area (Å²) in [6, 6.07) is 4.04. The average molecular weight is 357 g/mol. The maximum atomic E-state index is 13.6. The van der Waals surface area contributed by atoms with Gasteiger partial charge in [-0.2, -0.15) is 0 Å². The van der Waals surface area contributed by atoms with E-state index in [1.807, 2.05) is 17.2 Å². The number of pyridine rings is 1. The van der Waals surface area contributed by atoms with Gasteiger partial charge in [0.05, 0.1) is 11.5 Å². The molecule has 2 heterocycles. The van der Waals surface area contributed by atoms with Crippen molar-refractivity contribution in [2.75, 3.05) is 31.1 Å². The maximum absolute atomic E-state index is 13.6. The Bertz CT molecular complexity index is 726. The Morgan fingerprint density at radius 2 is 1.88 bits per heavy atom. The fraction of sp³-hybridized carbons (Fsp3) is 0.714. The van der Waals surface area contributed by atoms with E-state index < -0.39 is 5.41 Å². The second-order valence-corrected chi connectivity index (χ2v) is 9.27. The van der Waals surface area contributed by atoms with Crippen molar-refractivity contribution in [1.82, 2.24) is 9.88 Å². The third-order valence-electron chi connectivity index (χ3n) is 8.23. The molecule has 0 aromatic carbocycles. The van der Waals surface area contributed by atoms with Crippen molar-refractivity contribution in [2.45, 2.75) is 53.1 Å². The van der Waals surface area contributed by atoms with E-state index in [2.05, 4.69) is 43.6 Å². The first-order valence-electron chi connectivity index (χ1n) is 9.87. The van der Waals surface area contributed by atoms with Crippen molar-refractivity contribution in [1.29, 1.82) is 0 Å². The molecule has 3 aliphatic rings. The van der Waals surface area contributed by atoms with Gasteiger partial charge in [-0.1, -0.05) is 26.8 Å². The number of amides is 1. The van der Waals surface area contributed by atoms with Crippen LogP contribution in [-0.4, -0.2) is 53.2 Å². The number of rotatable bonds is 2. The minimum absolute atomic E-state index is 0.143. The number of aryl methyl sites for hydroxylation is 1. The van der Waals surface area contributed by atoms with E-state index in [1.54, 1.807) is 0 Å². The van der Waals surface area contributed by atoms with Crippen LogP contribution in [-0.2, 0) is 4.79 Å². The Kier molecular flexibility index (Phi) is 3.89. The van der Waals surface area contributed by atoms with Gasteiger partial charge in [0.15, 0.2) is 0 Å². The molecule has 1 aromatic heterocycles. The summed E-state index contributed by atoms with van der Waals surface area (Å²) in [6.07, 6.45) is 3.94. The van der Waals surface area contributed by atoms with Gasteiger partial charge in [0, 0.05) is 32.4 Å². The van der Waals surface area contributed by atoms with E-state index in [1.165, 1.54) is 5.56 Å². The monoisotopic (exact) mass is 357 g/mol. The van der Waals surface area contributed by atoms with Gasteiger partial charge in [0.2, 0.25) is 5.91 Å². The Hall–Kier alpha value is -1.62. The topological polar surface area (TPSA) is 56.7 Å². The second kappa shape index (κ2) is 5.69. The van der Waals surface area contributed by atoms with Crippen LogP contribution in [0.3, 0.4) is 0 Å². The number of piperazine rings is 1. The maximum Gasteiger partial charge on any atom is 0.229 e. The van der Waals surface area contributed by atoms with E-state index in [-0.39, 0.29) is 22.8 Å². The number of aromatic nitrogens is 1. The molecule has 1 aromatic rings. The Balaban J connectivity index is 1.51. The SMILES string of the molecule is Cc1cccnc1N1CCN(C(=O)C23CCC(C)(C(O)C2)C3(C)C)CC1. The summed E-state index contributed by atoms with van der Waals surface area (Å²) < 4.78 is 0. The second-order valence-electron chi connectivity index (χ2n) is 9.27. The zero-order valence-electron chi connectivity index (χ0n) is 16.5. The minimum Gasteiger partial charge on any atom is -0.393 e. The highest BCUT2D eigenvalue weighted by atomic mass is 16.3. The van der Waals surface area contributed by atoms with E-state index in [0.29, 0.717) is 6.42 Å². The molecule has 0 spiro atoms. The Labute approximate surface area is 156 Å². The molecule has 142 valence electrons. The fourth-order valence-electron chi connectivity index (χ4n) is 5.83. The highest BCUT2D eigenvalue weighted by Crippen LogP contribution is 2.72. The molecule has 2 bridgehead atoms. The molecular formula is C21H31N3O2. The molecule has 1 N–H and O–H groups in total. The summed E-state index contributed by atoms with van der Waals surface area (Å²) in [5.74, 6) is 1.29. The molecule has 3 fully saturated rings. The molecule has 2 aliphatic carbocycles. The molecule has 1 aliphatic heterocycles. The van der Waals surface area contributed by atoms with Gasteiger partial charge in [-0.15, -0.1) is 0 Å². The summed E-state index contributed by atoms with van der Waals surface area (Å²) in [7, 11) is 0. The molecule has 4 rings (SSSR count).